The molecule has 0 amide bonds. The highest BCUT2D eigenvalue weighted by Gasteiger charge is 2.16. The largest absolute Gasteiger partial charge is 0.481 e. The Morgan fingerprint density at radius 2 is 2.04 bits per heavy atom. The summed E-state index contributed by atoms with van der Waals surface area (Å²) in [7, 11) is 0. The first-order chi connectivity index (χ1) is 11.1. The summed E-state index contributed by atoms with van der Waals surface area (Å²) in [6.45, 7) is 1.90. The first-order valence-corrected chi connectivity index (χ1v) is 7.28. The standard InChI is InChI=1S/C16H13ClN4O2/c1-10-5-4-8-21-15(10)18-13(9-14(22)23)16(21)20-19-12-7-3-2-6-11(12)17/h2-8H,9H2,1H3,(H,22,23). The molecule has 2 heterocycles. The number of aliphatic carboxylic acids is 1. The van der Waals surface area contributed by atoms with Crippen LogP contribution in [0.1, 0.15) is 11.3 Å². The topological polar surface area (TPSA) is 79.3 Å². The molecular formula is C16H13ClN4O2. The Morgan fingerprint density at radius 1 is 1.26 bits per heavy atom. The van der Waals surface area contributed by atoms with Crippen LogP contribution in [0.5, 0.6) is 0 Å². The fourth-order valence-corrected chi connectivity index (χ4v) is 2.41. The van der Waals surface area contributed by atoms with Crippen LogP contribution in [0, 0.1) is 6.92 Å². The van der Waals surface area contributed by atoms with Gasteiger partial charge in [-0.25, -0.2) is 4.98 Å². The first-order valence-electron chi connectivity index (χ1n) is 6.91. The van der Waals surface area contributed by atoms with Crippen LogP contribution in [-0.4, -0.2) is 20.5 Å². The molecule has 0 saturated heterocycles. The molecule has 0 radical (unpaired) electrons. The van der Waals surface area contributed by atoms with Gasteiger partial charge in [0.1, 0.15) is 11.3 Å². The smallest absolute Gasteiger partial charge is 0.309 e. The lowest BCUT2D eigenvalue weighted by Crippen LogP contribution is -2.00. The number of carboxylic acid groups (broad SMARTS) is 1. The summed E-state index contributed by atoms with van der Waals surface area (Å²) >= 11 is 6.06. The number of carbonyl (C=O) groups is 1. The second-order valence-corrected chi connectivity index (χ2v) is 5.40. The van der Waals surface area contributed by atoms with Crippen molar-refractivity contribution in [3.05, 3.63) is 58.9 Å². The highest BCUT2D eigenvalue weighted by molar-refractivity contribution is 6.32. The molecule has 6 nitrogen and oxygen atoms in total. The molecule has 1 N–H and O–H groups in total. The minimum absolute atomic E-state index is 0.224. The quantitative estimate of drug-likeness (QED) is 0.723. The molecule has 7 heteroatoms. The summed E-state index contributed by atoms with van der Waals surface area (Å²) in [5.41, 5.74) is 2.47. The molecule has 0 aliphatic heterocycles. The Morgan fingerprint density at radius 3 is 2.78 bits per heavy atom. The lowest BCUT2D eigenvalue weighted by molar-refractivity contribution is -0.136. The fourth-order valence-electron chi connectivity index (χ4n) is 2.24. The Labute approximate surface area is 137 Å². The van der Waals surface area contributed by atoms with E-state index in [1.807, 2.05) is 19.1 Å². The zero-order valence-electron chi connectivity index (χ0n) is 12.3. The lowest BCUT2D eigenvalue weighted by atomic mass is 10.3. The number of rotatable bonds is 4. The third-order valence-corrected chi connectivity index (χ3v) is 3.63. The second kappa shape index (κ2) is 6.18. The third-order valence-electron chi connectivity index (χ3n) is 3.31. The zero-order valence-corrected chi connectivity index (χ0v) is 13.0. The summed E-state index contributed by atoms with van der Waals surface area (Å²) in [4.78, 5) is 15.5. The molecule has 2 aromatic heterocycles. The van der Waals surface area contributed by atoms with E-state index in [-0.39, 0.29) is 6.42 Å². The van der Waals surface area contributed by atoms with Crippen LogP contribution >= 0.6 is 11.6 Å². The molecule has 3 rings (SSSR count). The molecule has 0 aliphatic rings. The highest BCUT2D eigenvalue weighted by atomic mass is 35.5. The van der Waals surface area contributed by atoms with Crippen LogP contribution < -0.4 is 0 Å². The summed E-state index contributed by atoms with van der Waals surface area (Å²) < 4.78 is 1.73. The maximum Gasteiger partial charge on any atom is 0.309 e. The predicted octanol–water partition coefficient (Wildman–Crippen LogP) is 4.34. The van der Waals surface area contributed by atoms with Crippen molar-refractivity contribution < 1.29 is 9.90 Å². The van der Waals surface area contributed by atoms with E-state index in [9.17, 15) is 4.79 Å². The molecule has 0 bridgehead atoms. The van der Waals surface area contributed by atoms with E-state index in [1.165, 1.54) is 0 Å². The van der Waals surface area contributed by atoms with E-state index in [0.29, 0.717) is 27.9 Å². The minimum Gasteiger partial charge on any atom is -0.481 e. The van der Waals surface area contributed by atoms with E-state index in [1.54, 1.807) is 34.9 Å². The molecular weight excluding hydrogens is 316 g/mol. The molecule has 0 aliphatic carbocycles. The lowest BCUT2D eigenvalue weighted by Gasteiger charge is -1.99. The number of azo groups is 1. The number of fused-ring (bicyclic) bond motifs is 1. The molecule has 0 unspecified atom stereocenters. The van der Waals surface area contributed by atoms with Gasteiger partial charge in [0, 0.05) is 6.20 Å². The van der Waals surface area contributed by atoms with Crippen LogP contribution in [0.15, 0.2) is 52.8 Å². The summed E-state index contributed by atoms with van der Waals surface area (Å²) in [5.74, 6) is -0.578. The Kier molecular flexibility index (Phi) is 4.08. The Hall–Kier alpha value is -2.73. The number of imidazole rings is 1. The normalized spacial score (nSPS) is 11.4. The predicted molar refractivity (Wildman–Crippen MR) is 86.9 cm³/mol. The molecule has 116 valence electrons. The average molecular weight is 329 g/mol. The van der Waals surface area contributed by atoms with Gasteiger partial charge in [-0.1, -0.05) is 29.8 Å². The number of halogens is 1. The van der Waals surface area contributed by atoms with Crippen molar-refractivity contribution in [3.8, 4) is 0 Å². The molecule has 0 saturated carbocycles. The second-order valence-electron chi connectivity index (χ2n) is 4.99. The van der Waals surface area contributed by atoms with Crippen LogP contribution in [0.3, 0.4) is 0 Å². The van der Waals surface area contributed by atoms with E-state index in [0.717, 1.165) is 5.56 Å². The maximum absolute atomic E-state index is 11.1. The van der Waals surface area contributed by atoms with Crippen molar-refractivity contribution in [2.75, 3.05) is 0 Å². The van der Waals surface area contributed by atoms with Crippen LogP contribution in [0.2, 0.25) is 5.02 Å². The fraction of sp³-hybridized carbons (Fsp3) is 0.125. The number of pyridine rings is 1. The minimum atomic E-state index is -0.972. The summed E-state index contributed by atoms with van der Waals surface area (Å²) in [6.07, 6.45) is 1.56. The number of benzene rings is 1. The molecule has 23 heavy (non-hydrogen) atoms. The van der Waals surface area contributed by atoms with Gasteiger partial charge in [-0.05, 0) is 30.7 Å². The monoisotopic (exact) mass is 328 g/mol. The summed E-state index contributed by atoms with van der Waals surface area (Å²) in [5, 5.41) is 17.9. The molecule has 3 aromatic rings. The van der Waals surface area contributed by atoms with Crippen molar-refractivity contribution in [2.24, 2.45) is 10.2 Å². The van der Waals surface area contributed by atoms with E-state index < -0.39 is 5.97 Å². The first kappa shape index (κ1) is 15.2. The number of aromatic nitrogens is 2. The van der Waals surface area contributed by atoms with Gasteiger partial charge in [-0.15, -0.1) is 10.2 Å². The van der Waals surface area contributed by atoms with Gasteiger partial charge < -0.3 is 5.11 Å². The molecule has 0 atom stereocenters. The molecule has 0 spiro atoms. The zero-order chi connectivity index (χ0) is 16.4. The molecule has 0 fully saturated rings. The number of carboxylic acids is 1. The van der Waals surface area contributed by atoms with Crippen molar-refractivity contribution in [1.82, 2.24) is 9.38 Å². The highest BCUT2D eigenvalue weighted by Crippen LogP contribution is 2.29. The van der Waals surface area contributed by atoms with Gasteiger partial charge in [0.2, 0.25) is 0 Å². The van der Waals surface area contributed by atoms with Crippen molar-refractivity contribution in [1.29, 1.82) is 0 Å². The molecule has 1 aromatic carbocycles. The van der Waals surface area contributed by atoms with Crippen molar-refractivity contribution >= 4 is 34.7 Å². The van der Waals surface area contributed by atoms with Crippen LogP contribution in [0.25, 0.3) is 5.65 Å². The van der Waals surface area contributed by atoms with Gasteiger partial charge in [0.05, 0.1) is 17.1 Å². The number of hydrogen-bond acceptors (Lipinski definition) is 4. The van der Waals surface area contributed by atoms with Gasteiger partial charge >= 0.3 is 5.97 Å². The number of nitrogens with zero attached hydrogens (tertiary/aromatic N) is 4. The summed E-state index contributed by atoms with van der Waals surface area (Å²) in [6, 6.07) is 10.8. The van der Waals surface area contributed by atoms with E-state index in [4.69, 9.17) is 16.7 Å². The van der Waals surface area contributed by atoms with Gasteiger partial charge in [0.25, 0.3) is 0 Å². The van der Waals surface area contributed by atoms with Gasteiger partial charge in [-0.2, -0.15) is 0 Å². The number of aryl methyl sites for hydroxylation is 1. The Balaban J connectivity index is 2.13. The van der Waals surface area contributed by atoms with E-state index >= 15 is 0 Å². The van der Waals surface area contributed by atoms with Crippen LogP contribution in [-0.2, 0) is 11.2 Å². The Bertz CT molecular complexity index is 918. The maximum atomic E-state index is 11.1. The third kappa shape index (κ3) is 3.07. The SMILES string of the molecule is Cc1cccn2c(N=Nc3ccccc3Cl)c(CC(=O)O)nc12. The van der Waals surface area contributed by atoms with E-state index in [2.05, 4.69) is 15.2 Å². The van der Waals surface area contributed by atoms with Gasteiger partial charge in [0.15, 0.2) is 5.82 Å². The van der Waals surface area contributed by atoms with Crippen molar-refractivity contribution in [3.63, 3.8) is 0 Å². The number of hydrogen-bond donors (Lipinski definition) is 1. The van der Waals surface area contributed by atoms with Crippen LogP contribution in [0.4, 0.5) is 11.5 Å². The van der Waals surface area contributed by atoms with Gasteiger partial charge in [-0.3, -0.25) is 9.20 Å². The average Bonchev–Trinajstić information content (AvgIpc) is 2.85. The van der Waals surface area contributed by atoms with Crippen molar-refractivity contribution in [2.45, 2.75) is 13.3 Å².